The van der Waals surface area contributed by atoms with E-state index in [1.165, 1.54) is 7.11 Å². The van der Waals surface area contributed by atoms with Crippen LogP contribution in [0.25, 0.3) is 0 Å². The predicted octanol–water partition coefficient (Wildman–Crippen LogP) is 1.45. The third kappa shape index (κ3) is 1.63. The van der Waals surface area contributed by atoms with Crippen molar-refractivity contribution in [2.45, 2.75) is 18.6 Å². The summed E-state index contributed by atoms with van der Waals surface area (Å²) in [6.45, 7) is 2.43. The fraction of sp³-hybridized carbons (Fsp3) is 0.412. The minimum Gasteiger partial charge on any atom is -0.469 e. The minimum atomic E-state index is -0.690. The van der Waals surface area contributed by atoms with Gasteiger partial charge in [-0.05, 0) is 24.6 Å². The van der Waals surface area contributed by atoms with Crippen molar-refractivity contribution in [1.29, 1.82) is 0 Å². The zero-order chi connectivity index (χ0) is 15.5. The molecule has 1 aromatic rings. The molecule has 5 nitrogen and oxygen atoms in total. The molecule has 0 saturated carbocycles. The van der Waals surface area contributed by atoms with E-state index < -0.39 is 17.4 Å². The highest BCUT2D eigenvalue weighted by Crippen LogP contribution is 2.52. The van der Waals surface area contributed by atoms with Gasteiger partial charge in [0.15, 0.2) is 0 Å². The molecule has 0 aliphatic carbocycles. The molecular weight excluding hydrogens is 282 g/mol. The molecular formula is C17H17NO4. The Hall–Kier alpha value is -2.14. The molecule has 3 aliphatic heterocycles. The van der Waals surface area contributed by atoms with Crippen LogP contribution in [0.4, 0.5) is 5.69 Å². The molecule has 3 heterocycles. The maximum atomic E-state index is 12.9. The second-order valence-corrected chi connectivity index (χ2v) is 6.19. The second-order valence-electron chi connectivity index (χ2n) is 6.19. The van der Waals surface area contributed by atoms with Gasteiger partial charge in [-0.3, -0.25) is 9.59 Å². The lowest BCUT2D eigenvalue weighted by Gasteiger charge is -2.22. The number of fused-ring (bicyclic) bond motifs is 1. The van der Waals surface area contributed by atoms with Crippen molar-refractivity contribution in [3.63, 3.8) is 0 Å². The molecule has 1 amide bonds. The van der Waals surface area contributed by atoms with E-state index in [9.17, 15) is 9.59 Å². The quantitative estimate of drug-likeness (QED) is 0.613. The molecule has 3 aliphatic rings. The third-order valence-electron chi connectivity index (χ3n) is 4.89. The Morgan fingerprint density at radius 3 is 3.00 bits per heavy atom. The number of benzene rings is 1. The van der Waals surface area contributed by atoms with Gasteiger partial charge in [-0.15, -0.1) is 0 Å². The lowest BCUT2D eigenvalue weighted by molar-refractivity contribution is -0.149. The van der Waals surface area contributed by atoms with Crippen LogP contribution in [-0.2, 0) is 19.1 Å². The van der Waals surface area contributed by atoms with Crippen LogP contribution in [-0.4, -0.2) is 37.2 Å². The standard InChI is InChI=1S/C17H17NO4/c1-10-4-3-5-11(8-10)18-9-17-7-6-12(22-17)13(16(20)21-2)14(17)15(18)19/h3-8,12-14H,9H2,1-2H3/t12-,13?,14-,17?/m1/s1. The first-order valence-corrected chi connectivity index (χ1v) is 7.39. The number of carbonyl (C=O) groups excluding carboxylic acids is 2. The Morgan fingerprint density at radius 1 is 1.45 bits per heavy atom. The van der Waals surface area contributed by atoms with Crippen LogP contribution in [0.3, 0.4) is 0 Å². The van der Waals surface area contributed by atoms with Crippen molar-refractivity contribution >= 4 is 17.6 Å². The van der Waals surface area contributed by atoms with Gasteiger partial charge in [-0.2, -0.15) is 0 Å². The van der Waals surface area contributed by atoms with E-state index in [0.29, 0.717) is 6.54 Å². The van der Waals surface area contributed by atoms with Crippen molar-refractivity contribution in [2.75, 3.05) is 18.6 Å². The summed E-state index contributed by atoms with van der Waals surface area (Å²) < 4.78 is 10.9. The molecule has 22 heavy (non-hydrogen) atoms. The van der Waals surface area contributed by atoms with Gasteiger partial charge in [0.1, 0.15) is 11.5 Å². The van der Waals surface area contributed by atoms with Crippen LogP contribution in [0.1, 0.15) is 5.56 Å². The number of amides is 1. The van der Waals surface area contributed by atoms with E-state index in [0.717, 1.165) is 11.3 Å². The lowest BCUT2D eigenvalue weighted by atomic mass is 9.77. The first kappa shape index (κ1) is 13.5. The number of hydrogen-bond donors (Lipinski definition) is 0. The molecule has 1 spiro atoms. The maximum absolute atomic E-state index is 12.9. The average Bonchev–Trinajstić information content (AvgIpc) is 3.15. The number of esters is 1. The van der Waals surface area contributed by atoms with Crippen LogP contribution in [0.15, 0.2) is 36.4 Å². The highest BCUT2D eigenvalue weighted by Gasteiger charge is 2.67. The molecule has 4 atom stereocenters. The van der Waals surface area contributed by atoms with Crippen molar-refractivity contribution in [3.05, 3.63) is 42.0 Å². The summed E-state index contributed by atoms with van der Waals surface area (Å²) in [6, 6.07) is 7.79. The van der Waals surface area contributed by atoms with E-state index in [2.05, 4.69) is 0 Å². The summed E-state index contributed by atoms with van der Waals surface area (Å²) >= 11 is 0. The van der Waals surface area contributed by atoms with Gasteiger partial charge in [0.2, 0.25) is 5.91 Å². The molecule has 2 bridgehead atoms. The van der Waals surface area contributed by atoms with Gasteiger partial charge in [0, 0.05) is 5.69 Å². The number of ether oxygens (including phenoxy) is 2. The normalized spacial score (nSPS) is 35.1. The van der Waals surface area contributed by atoms with Crippen LogP contribution in [0, 0.1) is 18.8 Å². The Bertz CT molecular complexity index is 698. The second kappa shape index (κ2) is 4.43. The summed E-state index contributed by atoms with van der Waals surface area (Å²) in [7, 11) is 1.35. The first-order chi connectivity index (χ1) is 10.6. The lowest BCUT2D eigenvalue weighted by Crippen LogP contribution is -2.39. The summed E-state index contributed by atoms with van der Waals surface area (Å²) in [5, 5.41) is 0. The number of anilines is 1. The van der Waals surface area contributed by atoms with Crippen molar-refractivity contribution in [1.82, 2.24) is 0 Å². The number of rotatable bonds is 2. The van der Waals surface area contributed by atoms with Gasteiger partial charge < -0.3 is 14.4 Å². The minimum absolute atomic E-state index is 0.0622. The largest absolute Gasteiger partial charge is 0.469 e. The molecule has 0 radical (unpaired) electrons. The molecule has 2 fully saturated rings. The molecule has 0 aromatic heterocycles. The molecule has 1 aromatic carbocycles. The van der Waals surface area contributed by atoms with Crippen LogP contribution < -0.4 is 4.90 Å². The van der Waals surface area contributed by atoms with Crippen LogP contribution in [0.5, 0.6) is 0 Å². The number of aryl methyl sites for hydroxylation is 1. The van der Waals surface area contributed by atoms with E-state index in [1.54, 1.807) is 4.90 Å². The van der Waals surface area contributed by atoms with Crippen LogP contribution in [0.2, 0.25) is 0 Å². The Morgan fingerprint density at radius 2 is 2.27 bits per heavy atom. The topological polar surface area (TPSA) is 55.8 Å². The molecule has 2 saturated heterocycles. The number of methoxy groups -OCH3 is 1. The van der Waals surface area contributed by atoms with Gasteiger partial charge in [-0.25, -0.2) is 0 Å². The monoisotopic (exact) mass is 299 g/mol. The summed E-state index contributed by atoms with van der Waals surface area (Å²) in [4.78, 5) is 26.7. The molecule has 2 unspecified atom stereocenters. The molecule has 114 valence electrons. The zero-order valence-corrected chi connectivity index (χ0v) is 12.5. The van der Waals surface area contributed by atoms with E-state index >= 15 is 0 Å². The fourth-order valence-corrected chi connectivity index (χ4v) is 3.92. The highest BCUT2D eigenvalue weighted by molar-refractivity contribution is 6.02. The number of hydrogen-bond acceptors (Lipinski definition) is 4. The summed E-state index contributed by atoms with van der Waals surface area (Å²) in [5.74, 6) is -1.47. The Balaban J connectivity index is 1.73. The summed E-state index contributed by atoms with van der Waals surface area (Å²) in [6.07, 6.45) is 3.47. The fourth-order valence-electron chi connectivity index (χ4n) is 3.92. The van der Waals surface area contributed by atoms with E-state index in [1.807, 2.05) is 43.3 Å². The number of nitrogens with zero attached hydrogens (tertiary/aromatic N) is 1. The van der Waals surface area contributed by atoms with Crippen molar-refractivity contribution in [2.24, 2.45) is 11.8 Å². The summed E-state index contributed by atoms with van der Waals surface area (Å²) in [5.41, 5.74) is 1.24. The first-order valence-electron chi connectivity index (χ1n) is 7.39. The Kier molecular flexibility index (Phi) is 2.72. The number of carbonyl (C=O) groups is 2. The molecule has 5 heteroatoms. The third-order valence-corrected chi connectivity index (χ3v) is 4.89. The van der Waals surface area contributed by atoms with Gasteiger partial charge in [0.25, 0.3) is 0 Å². The van der Waals surface area contributed by atoms with E-state index in [-0.39, 0.29) is 18.0 Å². The van der Waals surface area contributed by atoms with Crippen molar-refractivity contribution < 1.29 is 19.1 Å². The van der Waals surface area contributed by atoms with Gasteiger partial charge in [-0.1, -0.05) is 24.3 Å². The maximum Gasteiger partial charge on any atom is 0.312 e. The van der Waals surface area contributed by atoms with Crippen molar-refractivity contribution in [3.8, 4) is 0 Å². The smallest absolute Gasteiger partial charge is 0.312 e. The van der Waals surface area contributed by atoms with Gasteiger partial charge >= 0.3 is 5.97 Å². The molecule has 4 rings (SSSR count). The Labute approximate surface area is 128 Å². The van der Waals surface area contributed by atoms with Crippen LogP contribution >= 0.6 is 0 Å². The molecule has 0 N–H and O–H groups in total. The predicted molar refractivity (Wildman–Crippen MR) is 79.3 cm³/mol. The highest BCUT2D eigenvalue weighted by atomic mass is 16.5. The van der Waals surface area contributed by atoms with E-state index in [4.69, 9.17) is 9.47 Å². The van der Waals surface area contributed by atoms with Gasteiger partial charge in [0.05, 0.1) is 25.7 Å². The SMILES string of the molecule is COC(=O)C1[C@H]2C=CC3(CN(c4cccc(C)c4)C(=O)[C@@H]13)O2. The average molecular weight is 299 g/mol. The zero-order valence-electron chi connectivity index (χ0n) is 12.5.